The van der Waals surface area contributed by atoms with Crippen LogP contribution in [0.5, 0.6) is 0 Å². The van der Waals surface area contributed by atoms with E-state index in [-0.39, 0.29) is 41.3 Å². The minimum atomic E-state index is -1.64. The molecule has 0 amide bonds. The number of ketones is 2. The molecular weight excluding hydrogens is 376 g/mol. The van der Waals surface area contributed by atoms with Gasteiger partial charge in [-0.25, -0.2) is 0 Å². The van der Waals surface area contributed by atoms with E-state index in [2.05, 4.69) is 0 Å². The zero-order valence-corrected chi connectivity index (χ0v) is 17.7. The topological polar surface area (TPSA) is 99.1 Å². The van der Waals surface area contributed by atoms with Crippen LogP contribution in [0.2, 0.25) is 0 Å². The first kappa shape index (κ1) is 20.1. The Labute approximate surface area is 170 Å². The largest absolute Gasteiger partial charge is 0.493 e. The first-order valence-electron chi connectivity index (χ1n) is 10.0. The highest BCUT2D eigenvalue weighted by Crippen LogP contribution is 2.68. The minimum absolute atomic E-state index is 0.0271. The monoisotopic (exact) mass is 404 g/mol. The van der Waals surface area contributed by atoms with Gasteiger partial charge in [-0.2, -0.15) is 0 Å². The summed E-state index contributed by atoms with van der Waals surface area (Å²) in [4.78, 5) is 39.7. The van der Waals surface area contributed by atoms with E-state index in [1.54, 1.807) is 26.8 Å². The Bertz CT molecular complexity index is 886. The van der Waals surface area contributed by atoms with Crippen molar-refractivity contribution in [3.05, 3.63) is 23.2 Å². The Morgan fingerprint density at radius 2 is 1.83 bits per heavy atom. The number of methoxy groups -OCH3 is 2. The zero-order chi connectivity index (χ0) is 21.5. The third-order valence-corrected chi connectivity index (χ3v) is 8.30. The molecule has 0 aromatic heterocycles. The quantitative estimate of drug-likeness (QED) is 0.702. The molecule has 0 aromatic rings. The summed E-state index contributed by atoms with van der Waals surface area (Å²) in [5, 5.41) is 11.8. The number of aliphatic hydroxyl groups is 1. The SMILES string of the molecule is COC1=C[C@@H](C)[C@@H]2C[C@H]3OC(=O)C[C@@]4(O)C(C)=C(OC)C(=O)[C@H]([C@@]2(C)C1=O)[C@@]34C. The Balaban J connectivity index is 2.04. The Morgan fingerprint density at radius 3 is 2.41 bits per heavy atom. The number of allylic oxidation sites excluding steroid dienone is 3. The lowest BCUT2D eigenvalue weighted by molar-refractivity contribution is -0.253. The maximum absolute atomic E-state index is 13.7. The van der Waals surface area contributed by atoms with Gasteiger partial charge in [0.25, 0.3) is 0 Å². The minimum Gasteiger partial charge on any atom is -0.493 e. The molecule has 7 heteroatoms. The molecule has 0 spiro atoms. The van der Waals surface area contributed by atoms with Crippen molar-refractivity contribution >= 4 is 17.5 Å². The Hall–Kier alpha value is -2.15. The molecule has 2 fully saturated rings. The molecule has 0 radical (unpaired) electrons. The first-order chi connectivity index (χ1) is 13.5. The van der Waals surface area contributed by atoms with E-state index in [1.807, 2.05) is 6.92 Å². The van der Waals surface area contributed by atoms with Gasteiger partial charge in [-0.15, -0.1) is 0 Å². The highest BCUT2D eigenvalue weighted by Gasteiger charge is 2.76. The second-order valence-electron chi connectivity index (χ2n) is 9.30. The summed E-state index contributed by atoms with van der Waals surface area (Å²) in [6.07, 6.45) is 1.21. The van der Waals surface area contributed by atoms with E-state index < -0.39 is 34.4 Å². The molecule has 1 aliphatic heterocycles. The second-order valence-corrected chi connectivity index (χ2v) is 9.30. The maximum Gasteiger partial charge on any atom is 0.309 e. The van der Waals surface area contributed by atoms with Crippen molar-refractivity contribution in [2.75, 3.05) is 14.2 Å². The number of fused-ring (bicyclic) bond motifs is 2. The van der Waals surface area contributed by atoms with E-state index in [0.717, 1.165) is 0 Å². The lowest BCUT2D eigenvalue weighted by Crippen LogP contribution is -2.75. The van der Waals surface area contributed by atoms with Gasteiger partial charge in [0.05, 0.1) is 26.6 Å². The fourth-order valence-electron chi connectivity index (χ4n) is 6.77. The fourth-order valence-corrected chi connectivity index (χ4v) is 6.77. The summed E-state index contributed by atoms with van der Waals surface area (Å²) in [7, 11) is 2.81. The number of Topliss-reactive ketones (excluding diaryl/α,β-unsaturated/α-hetero) is 2. The van der Waals surface area contributed by atoms with Crippen LogP contribution in [0.25, 0.3) is 0 Å². The second kappa shape index (κ2) is 5.94. The number of rotatable bonds is 2. The molecule has 7 atom stereocenters. The molecule has 1 saturated heterocycles. The van der Waals surface area contributed by atoms with Crippen LogP contribution in [0.15, 0.2) is 23.2 Å². The number of ether oxygens (including phenoxy) is 3. The summed E-state index contributed by atoms with van der Waals surface area (Å²) >= 11 is 0. The Kier molecular flexibility index (Phi) is 4.12. The highest BCUT2D eigenvalue weighted by molar-refractivity contribution is 6.07. The number of hydrogen-bond donors (Lipinski definition) is 1. The predicted octanol–water partition coefficient (Wildman–Crippen LogP) is 1.93. The van der Waals surface area contributed by atoms with Crippen LogP contribution in [0.4, 0.5) is 0 Å². The van der Waals surface area contributed by atoms with Gasteiger partial charge in [-0.3, -0.25) is 14.4 Å². The molecule has 3 aliphatic carbocycles. The summed E-state index contributed by atoms with van der Waals surface area (Å²) < 4.78 is 16.5. The van der Waals surface area contributed by atoms with E-state index in [1.165, 1.54) is 14.2 Å². The van der Waals surface area contributed by atoms with Crippen LogP contribution in [-0.2, 0) is 28.6 Å². The molecule has 7 nitrogen and oxygen atoms in total. The number of hydrogen-bond acceptors (Lipinski definition) is 7. The molecule has 0 bridgehead atoms. The number of esters is 1. The third-order valence-electron chi connectivity index (χ3n) is 8.30. The van der Waals surface area contributed by atoms with Crippen molar-refractivity contribution in [1.82, 2.24) is 0 Å². The van der Waals surface area contributed by atoms with Crippen LogP contribution in [0, 0.1) is 28.6 Å². The first-order valence-corrected chi connectivity index (χ1v) is 10.0. The van der Waals surface area contributed by atoms with E-state index in [9.17, 15) is 19.5 Å². The predicted molar refractivity (Wildman–Crippen MR) is 101 cm³/mol. The number of carbonyl (C=O) groups is 3. The van der Waals surface area contributed by atoms with Crippen LogP contribution >= 0.6 is 0 Å². The molecule has 158 valence electrons. The summed E-state index contributed by atoms with van der Waals surface area (Å²) in [5.74, 6) is -2.06. The van der Waals surface area contributed by atoms with Crippen molar-refractivity contribution in [1.29, 1.82) is 0 Å². The molecular formula is C22H28O7. The fraction of sp³-hybridized carbons (Fsp3) is 0.682. The highest BCUT2D eigenvalue weighted by atomic mass is 16.6. The van der Waals surface area contributed by atoms with Crippen molar-refractivity contribution in [3.63, 3.8) is 0 Å². The van der Waals surface area contributed by atoms with Gasteiger partial charge in [0.2, 0.25) is 11.6 Å². The molecule has 4 aliphatic rings. The van der Waals surface area contributed by atoms with Gasteiger partial charge in [0.15, 0.2) is 11.5 Å². The van der Waals surface area contributed by atoms with Crippen molar-refractivity contribution in [2.45, 2.75) is 52.2 Å². The molecule has 1 N–H and O–H groups in total. The van der Waals surface area contributed by atoms with Gasteiger partial charge in [0, 0.05) is 16.4 Å². The van der Waals surface area contributed by atoms with Crippen molar-refractivity contribution in [3.8, 4) is 0 Å². The molecule has 29 heavy (non-hydrogen) atoms. The van der Waals surface area contributed by atoms with E-state index in [0.29, 0.717) is 12.0 Å². The lowest BCUT2D eigenvalue weighted by atomic mass is 9.39. The molecule has 1 saturated carbocycles. The van der Waals surface area contributed by atoms with Gasteiger partial charge < -0.3 is 19.3 Å². The summed E-state index contributed by atoms with van der Waals surface area (Å²) in [6.45, 7) is 7.15. The summed E-state index contributed by atoms with van der Waals surface area (Å²) in [5.41, 5.74) is -3.58. The van der Waals surface area contributed by atoms with E-state index >= 15 is 0 Å². The van der Waals surface area contributed by atoms with E-state index in [4.69, 9.17) is 14.2 Å². The molecule has 0 aromatic carbocycles. The average molecular weight is 404 g/mol. The molecule has 1 heterocycles. The smallest absolute Gasteiger partial charge is 0.309 e. The average Bonchev–Trinajstić information content (AvgIpc) is 2.65. The number of carbonyl (C=O) groups excluding carboxylic acids is 3. The van der Waals surface area contributed by atoms with Gasteiger partial charge in [-0.05, 0) is 31.3 Å². The van der Waals surface area contributed by atoms with Crippen LogP contribution in [0.3, 0.4) is 0 Å². The molecule has 4 rings (SSSR count). The lowest BCUT2D eigenvalue weighted by Gasteiger charge is -2.66. The standard InChI is InChI=1S/C22H28O7/c1-10-7-13(27-5)19(25)20(3)12(10)8-14-21(4)18(20)16(24)17(28-6)11(2)22(21,26)9-15(23)29-14/h7,10,12,14,18,26H,8-9H2,1-6H3/t10-,12+,14-,18-,20+,21-,22-/m1/s1. The molecule has 0 unspecified atom stereocenters. The van der Waals surface area contributed by atoms with Gasteiger partial charge in [-0.1, -0.05) is 20.8 Å². The van der Waals surface area contributed by atoms with Gasteiger partial charge in [0.1, 0.15) is 11.7 Å². The summed E-state index contributed by atoms with van der Waals surface area (Å²) in [6, 6.07) is 0. The van der Waals surface area contributed by atoms with Crippen molar-refractivity contribution in [2.24, 2.45) is 28.6 Å². The van der Waals surface area contributed by atoms with Crippen LogP contribution in [-0.4, -0.2) is 48.6 Å². The maximum atomic E-state index is 13.7. The third kappa shape index (κ3) is 2.09. The van der Waals surface area contributed by atoms with Crippen molar-refractivity contribution < 1.29 is 33.7 Å². The van der Waals surface area contributed by atoms with Crippen LogP contribution < -0.4 is 0 Å². The van der Waals surface area contributed by atoms with Crippen LogP contribution in [0.1, 0.15) is 40.5 Å². The zero-order valence-electron chi connectivity index (χ0n) is 17.7. The van der Waals surface area contributed by atoms with Gasteiger partial charge >= 0.3 is 5.97 Å². The normalized spacial score (nSPS) is 46.4. The Morgan fingerprint density at radius 1 is 1.17 bits per heavy atom.